The van der Waals surface area contributed by atoms with E-state index in [2.05, 4.69) is 5.32 Å². The molecule has 5 nitrogen and oxygen atoms in total. The lowest BCUT2D eigenvalue weighted by Gasteiger charge is -2.10. The van der Waals surface area contributed by atoms with Gasteiger partial charge < -0.3 is 16.2 Å². The zero-order chi connectivity index (χ0) is 14.7. The summed E-state index contributed by atoms with van der Waals surface area (Å²) in [5.74, 6) is -1.65. The Bertz CT molecular complexity index is 686. The Morgan fingerprint density at radius 1 is 1.10 bits per heavy atom. The third kappa shape index (κ3) is 2.89. The average molecular weight is 291 g/mol. The molecule has 0 aliphatic rings. The molecule has 0 heterocycles. The summed E-state index contributed by atoms with van der Waals surface area (Å²) in [6.07, 6.45) is 0. The summed E-state index contributed by atoms with van der Waals surface area (Å²) in [7, 11) is 0. The van der Waals surface area contributed by atoms with Gasteiger partial charge in [-0.1, -0.05) is 23.7 Å². The summed E-state index contributed by atoms with van der Waals surface area (Å²) in [5, 5.41) is 11.9. The van der Waals surface area contributed by atoms with Gasteiger partial charge in [-0.25, -0.2) is 4.79 Å². The molecule has 0 unspecified atom stereocenters. The van der Waals surface area contributed by atoms with E-state index in [4.69, 9.17) is 22.4 Å². The highest BCUT2D eigenvalue weighted by molar-refractivity contribution is 6.34. The van der Waals surface area contributed by atoms with Crippen LogP contribution in [0.25, 0.3) is 0 Å². The zero-order valence-electron chi connectivity index (χ0n) is 10.3. The molecule has 20 heavy (non-hydrogen) atoms. The molecule has 1 amide bonds. The number of amides is 1. The molecule has 0 saturated carbocycles. The highest BCUT2D eigenvalue weighted by Crippen LogP contribution is 2.22. The standard InChI is InChI=1S/C14H11ClN2O3/c15-11-4-2-1-3-9(11)13(18)17-12-7-8(16)5-6-10(12)14(19)20/h1-7H,16H2,(H,17,18)(H,19,20). The minimum Gasteiger partial charge on any atom is -0.478 e. The van der Waals surface area contributed by atoms with Crippen molar-refractivity contribution in [1.82, 2.24) is 0 Å². The van der Waals surface area contributed by atoms with Crippen molar-refractivity contribution in [3.05, 3.63) is 58.6 Å². The van der Waals surface area contributed by atoms with Crippen LogP contribution in [0.2, 0.25) is 5.02 Å². The fourth-order valence-electron chi connectivity index (χ4n) is 1.69. The summed E-state index contributed by atoms with van der Waals surface area (Å²) < 4.78 is 0. The number of carboxylic acids is 1. The Morgan fingerprint density at radius 2 is 1.80 bits per heavy atom. The van der Waals surface area contributed by atoms with Gasteiger partial charge in [-0.3, -0.25) is 4.79 Å². The van der Waals surface area contributed by atoms with E-state index in [0.717, 1.165) is 0 Å². The number of nitrogen functional groups attached to an aromatic ring is 1. The van der Waals surface area contributed by atoms with Gasteiger partial charge in [-0.05, 0) is 30.3 Å². The molecule has 0 aliphatic heterocycles. The van der Waals surface area contributed by atoms with Crippen molar-refractivity contribution in [2.75, 3.05) is 11.1 Å². The minimum absolute atomic E-state index is 0.0420. The normalized spacial score (nSPS) is 10.1. The van der Waals surface area contributed by atoms with Crippen LogP contribution >= 0.6 is 11.6 Å². The SMILES string of the molecule is Nc1ccc(C(=O)O)c(NC(=O)c2ccccc2Cl)c1. The highest BCUT2D eigenvalue weighted by Gasteiger charge is 2.15. The van der Waals surface area contributed by atoms with Gasteiger partial charge in [-0.2, -0.15) is 0 Å². The van der Waals surface area contributed by atoms with Crippen LogP contribution in [0.3, 0.4) is 0 Å². The molecular formula is C14H11ClN2O3. The summed E-state index contributed by atoms with van der Waals surface area (Å²) in [6, 6.07) is 10.7. The van der Waals surface area contributed by atoms with Gasteiger partial charge in [0, 0.05) is 5.69 Å². The molecule has 0 spiro atoms. The van der Waals surface area contributed by atoms with Gasteiger partial charge in [0.2, 0.25) is 0 Å². The molecule has 0 aliphatic carbocycles. The van der Waals surface area contributed by atoms with Gasteiger partial charge in [0.1, 0.15) is 0 Å². The maximum Gasteiger partial charge on any atom is 0.337 e. The van der Waals surface area contributed by atoms with Gasteiger partial charge in [0.05, 0.1) is 21.8 Å². The molecule has 0 aromatic heterocycles. The molecule has 0 radical (unpaired) electrons. The van der Waals surface area contributed by atoms with Crippen LogP contribution in [-0.4, -0.2) is 17.0 Å². The third-order valence-electron chi connectivity index (χ3n) is 2.64. The zero-order valence-corrected chi connectivity index (χ0v) is 11.0. The number of benzene rings is 2. The van der Waals surface area contributed by atoms with E-state index in [1.807, 2.05) is 0 Å². The Morgan fingerprint density at radius 3 is 2.45 bits per heavy atom. The van der Waals surface area contributed by atoms with Gasteiger partial charge in [-0.15, -0.1) is 0 Å². The number of carbonyl (C=O) groups is 2. The first-order valence-corrected chi connectivity index (χ1v) is 6.05. The summed E-state index contributed by atoms with van der Waals surface area (Å²) >= 11 is 5.92. The number of halogens is 1. The van der Waals surface area contributed by atoms with Crippen LogP contribution in [0.5, 0.6) is 0 Å². The predicted molar refractivity (Wildman–Crippen MR) is 77.2 cm³/mol. The maximum absolute atomic E-state index is 12.1. The number of hydrogen-bond donors (Lipinski definition) is 3. The lowest BCUT2D eigenvalue weighted by atomic mass is 10.1. The van der Waals surface area contributed by atoms with Gasteiger partial charge in [0.15, 0.2) is 0 Å². The fraction of sp³-hybridized carbons (Fsp3) is 0. The van der Waals surface area contributed by atoms with Crippen LogP contribution in [0.15, 0.2) is 42.5 Å². The Hall–Kier alpha value is -2.53. The molecule has 4 N–H and O–H groups in total. The quantitative estimate of drug-likeness (QED) is 0.758. The number of rotatable bonds is 3. The molecule has 102 valence electrons. The van der Waals surface area contributed by atoms with E-state index in [0.29, 0.717) is 5.69 Å². The molecule has 6 heteroatoms. The fourth-order valence-corrected chi connectivity index (χ4v) is 1.91. The number of aromatic carboxylic acids is 1. The van der Waals surface area contributed by atoms with Crippen molar-refractivity contribution < 1.29 is 14.7 Å². The lowest BCUT2D eigenvalue weighted by Crippen LogP contribution is -2.15. The number of carbonyl (C=O) groups excluding carboxylic acids is 1. The van der Waals surface area contributed by atoms with Crippen LogP contribution < -0.4 is 11.1 Å². The molecule has 2 rings (SSSR count). The Labute approximate surface area is 120 Å². The van der Waals surface area contributed by atoms with E-state index in [-0.39, 0.29) is 21.8 Å². The summed E-state index contributed by atoms with van der Waals surface area (Å²) in [5.41, 5.74) is 6.30. The van der Waals surface area contributed by atoms with Crippen LogP contribution in [0.1, 0.15) is 20.7 Å². The second kappa shape index (κ2) is 5.63. The van der Waals surface area contributed by atoms with Crippen molar-refractivity contribution in [2.45, 2.75) is 0 Å². The molecule has 2 aromatic carbocycles. The van der Waals surface area contributed by atoms with Crippen LogP contribution in [0.4, 0.5) is 11.4 Å². The summed E-state index contributed by atoms with van der Waals surface area (Å²) in [4.78, 5) is 23.2. The second-order valence-electron chi connectivity index (χ2n) is 4.04. The molecule has 0 bridgehead atoms. The maximum atomic E-state index is 12.1. The Balaban J connectivity index is 2.35. The average Bonchev–Trinajstić information content (AvgIpc) is 2.38. The molecular weight excluding hydrogens is 280 g/mol. The smallest absolute Gasteiger partial charge is 0.337 e. The van der Waals surface area contributed by atoms with Crippen molar-refractivity contribution >= 4 is 34.9 Å². The van der Waals surface area contributed by atoms with E-state index in [1.54, 1.807) is 24.3 Å². The van der Waals surface area contributed by atoms with Crippen molar-refractivity contribution in [3.8, 4) is 0 Å². The first-order chi connectivity index (χ1) is 9.49. The van der Waals surface area contributed by atoms with E-state index < -0.39 is 11.9 Å². The first kappa shape index (κ1) is 13.9. The highest BCUT2D eigenvalue weighted by atomic mass is 35.5. The topological polar surface area (TPSA) is 92.4 Å². The number of nitrogens with one attached hydrogen (secondary N) is 1. The monoisotopic (exact) mass is 290 g/mol. The number of anilines is 2. The number of hydrogen-bond acceptors (Lipinski definition) is 3. The number of carboxylic acid groups (broad SMARTS) is 1. The second-order valence-corrected chi connectivity index (χ2v) is 4.45. The molecule has 0 atom stereocenters. The van der Waals surface area contributed by atoms with Gasteiger partial charge in [0.25, 0.3) is 5.91 Å². The largest absolute Gasteiger partial charge is 0.478 e. The third-order valence-corrected chi connectivity index (χ3v) is 2.97. The number of nitrogens with two attached hydrogens (primary N) is 1. The molecule has 0 fully saturated rings. The van der Waals surface area contributed by atoms with E-state index in [1.165, 1.54) is 18.2 Å². The minimum atomic E-state index is -1.15. The van der Waals surface area contributed by atoms with Crippen molar-refractivity contribution in [2.24, 2.45) is 0 Å². The van der Waals surface area contributed by atoms with Crippen LogP contribution in [0, 0.1) is 0 Å². The van der Waals surface area contributed by atoms with Crippen molar-refractivity contribution in [3.63, 3.8) is 0 Å². The predicted octanol–water partition coefficient (Wildman–Crippen LogP) is 2.87. The molecule has 0 saturated heterocycles. The van der Waals surface area contributed by atoms with Gasteiger partial charge >= 0.3 is 5.97 Å². The Kier molecular flexibility index (Phi) is 3.91. The van der Waals surface area contributed by atoms with Crippen molar-refractivity contribution in [1.29, 1.82) is 0 Å². The van der Waals surface area contributed by atoms with E-state index >= 15 is 0 Å². The summed E-state index contributed by atoms with van der Waals surface area (Å²) in [6.45, 7) is 0. The van der Waals surface area contributed by atoms with Crippen LogP contribution in [-0.2, 0) is 0 Å². The molecule has 2 aromatic rings. The van der Waals surface area contributed by atoms with E-state index in [9.17, 15) is 9.59 Å². The first-order valence-electron chi connectivity index (χ1n) is 5.67. The lowest BCUT2D eigenvalue weighted by molar-refractivity contribution is 0.0698.